The molecule has 1 aliphatic carbocycles. The van der Waals surface area contributed by atoms with E-state index in [-0.39, 0.29) is 35.1 Å². The molecule has 0 amide bonds. The molecule has 0 spiro atoms. The van der Waals surface area contributed by atoms with Crippen LogP contribution in [0.25, 0.3) is 0 Å². The Morgan fingerprint density at radius 3 is 2.47 bits per heavy atom. The Hall–Kier alpha value is -2.14. The number of fused-ring (bicyclic) bond motifs is 1. The zero-order valence-corrected chi connectivity index (χ0v) is 19.6. The highest BCUT2D eigenvalue weighted by molar-refractivity contribution is 5.82. The molecule has 0 saturated carbocycles. The van der Waals surface area contributed by atoms with Crippen molar-refractivity contribution in [3.8, 4) is 5.95 Å². The first kappa shape index (κ1) is 22.5. The fraction of sp³-hybridized carbons (Fsp3) is 0.600. The van der Waals surface area contributed by atoms with Gasteiger partial charge >= 0.3 is 0 Å². The van der Waals surface area contributed by atoms with E-state index in [1.54, 1.807) is 6.92 Å². The average Bonchev–Trinajstić information content (AvgIpc) is 3.37. The van der Waals surface area contributed by atoms with E-state index in [1.165, 1.54) is 7.11 Å². The summed E-state index contributed by atoms with van der Waals surface area (Å²) in [6, 6.07) is 0. The number of allylic oxidation sites excluding steroid dienone is 2. The van der Waals surface area contributed by atoms with Gasteiger partial charge in [0.1, 0.15) is 23.2 Å². The van der Waals surface area contributed by atoms with Gasteiger partial charge in [0.2, 0.25) is 0 Å². The monoisotopic (exact) mass is 414 g/mol. The van der Waals surface area contributed by atoms with E-state index in [0.717, 1.165) is 11.1 Å². The van der Waals surface area contributed by atoms with Crippen LogP contribution in [0.4, 0.5) is 0 Å². The maximum atomic E-state index is 12.9. The van der Waals surface area contributed by atoms with Crippen LogP contribution in [-0.4, -0.2) is 24.6 Å². The number of ether oxygens (including phenoxy) is 2. The second-order valence-electron chi connectivity index (χ2n) is 9.31. The maximum absolute atomic E-state index is 12.9. The van der Waals surface area contributed by atoms with Crippen LogP contribution in [0.1, 0.15) is 64.9 Å². The van der Waals surface area contributed by atoms with Gasteiger partial charge in [-0.2, -0.15) is 0 Å². The van der Waals surface area contributed by atoms with E-state index >= 15 is 0 Å². The van der Waals surface area contributed by atoms with Gasteiger partial charge in [-0.3, -0.25) is 9.59 Å². The molecule has 5 heteroatoms. The van der Waals surface area contributed by atoms with Crippen LogP contribution in [0.2, 0.25) is 0 Å². The normalized spacial score (nSPS) is 31.6. The van der Waals surface area contributed by atoms with E-state index in [0.29, 0.717) is 23.3 Å². The molecule has 2 heterocycles. The van der Waals surface area contributed by atoms with Gasteiger partial charge < -0.3 is 13.9 Å². The van der Waals surface area contributed by atoms with E-state index in [1.807, 2.05) is 26.8 Å². The second kappa shape index (κ2) is 7.52. The minimum atomic E-state index is -0.619. The van der Waals surface area contributed by atoms with Crippen molar-refractivity contribution in [3.05, 3.63) is 50.4 Å². The van der Waals surface area contributed by atoms with Crippen molar-refractivity contribution >= 4 is 5.78 Å². The third kappa shape index (κ3) is 3.27. The molecule has 5 nitrogen and oxygen atoms in total. The zero-order valence-electron chi connectivity index (χ0n) is 19.6. The first-order chi connectivity index (χ1) is 13.9. The molecule has 5 atom stereocenters. The Morgan fingerprint density at radius 2 is 1.90 bits per heavy atom. The lowest BCUT2D eigenvalue weighted by Crippen LogP contribution is -2.45. The molecule has 30 heavy (non-hydrogen) atoms. The molecule has 1 aromatic heterocycles. The van der Waals surface area contributed by atoms with E-state index < -0.39 is 11.0 Å². The Bertz CT molecular complexity index is 998. The number of carbonyl (C=O) groups is 1. The summed E-state index contributed by atoms with van der Waals surface area (Å²) in [4.78, 5) is 25.2. The van der Waals surface area contributed by atoms with Crippen molar-refractivity contribution in [2.75, 3.05) is 7.11 Å². The minimum Gasteiger partial charge on any atom is -0.468 e. The van der Waals surface area contributed by atoms with Gasteiger partial charge in [-0.05, 0) is 47.1 Å². The summed E-state index contributed by atoms with van der Waals surface area (Å²) in [5.41, 5.74) is 2.15. The lowest BCUT2D eigenvalue weighted by Gasteiger charge is -2.42. The number of ketones is 1. The lowest BCUT2D eigenvalue weighted by atomic mass is 9.60. The second-order valence-corrected chi connectivity index (χ2v) is 9.31. The summed E-state index contributed by atoms with van der Waals surface area (Å²) < 4.78 is 17.8. The standard InChI is InChI=1S/C25H34O5/c1-10-18(26)13(2)11-14(3)20-24(7,12-15(4)21-25(20,8)30-21)22-16(5)19(27)17(6)23(28-9)29-22/h11-13,20-21H,10H2,1-9H3/t13-,20-,21-,24-,25+/m1/s1. The van der Waals surface area contributed by atoms with Crippen LogP contribution in [0, 0.1) is 25.7 Å². The van der Waals surface area contributed by atoms with Gasteiger partial charge in [0.15, 0.2) is 5.43 Å². The first-order valence-electron chi connectivity index (χ1n) is 10.7. The molecule has 1 saturated heterocycles. The van der Waals surface area contributed by atoms with E-state index in [2.05, 4.69) is 33.8 Å². The van der Waals surface area contributed by atoms with Crippen LogP contribution in [-0.2, 0) is 14.9 Å². The molecule has 164 valence electrons. The Balaban J connectivity index is 2.24. The van der Waals surface area contributed by atoms with Crippen molar-refractivity contribution in [1.82, 2.24) is 0 Å². The highest BCUT2D eigenvalue weighted by atomic mass is 16.6. The van der Waals surface area contributed by atoms with Crippen molar-refractivity contribution in [1.29, 1.82) is 0 Å². The molecule has 2 aliphatic rings. The van der Waals surface area contributed by atoms with Crippen LogP contribution in [0.15, 0.2) is 32.5 Å². The minimum absolute atomic E-state index is 0.0375. The summed E-state index contributed by atoms with van der Waals surface area (Å²) >= 11 is 0. The predicted octanol–water partition coefficient (Wildman–Crippen LogP) is 4.82. The molecule has 1 aliphatic heterocycles. The molecule has 1 aromatic rings. The summed E-state index contributed by atoms with van der Waals surface area (Å²) in [5, 5.41) is 0. The Morgan fingerprint density at radius 1 is 1.27 bits per heavy atom. The molecular weight excluding hydrogens is 380 g/mol. The number of carbonyl (C=O) groups excluding carboxylic acids is 1. The predicted molar refractivity (Wildman–Crippen MR) is 117 cm³/mol. The third-order valence-corrected chi connectivity index (χ3v) is 6.97. The van der Waals surface area contributed by atoms with Gasteiger partial charge in [0, 0.05) is 23.8 Å². The van der Waals surface area contributed by atoms with Crippen LogP contribution >= 0.6 is 0 Å². The largest absolute Gasteiger partial charge is 0.468 e. The molecule has 3 rings (SSSR count). The number of hydrogen-bond donors (Lipinski definition) is 0. The van der Waals surface area contributed by atoms with Crippen molar-refractivity contribution < 1.29 is 18.7 Å². The summed E-state index contributed by atoms with van der Waals surface area (Å²) in [7, 11) is 1.51. The van der Waals surface area contributed by atoms with Gasteiger partial charge in [-0.1, -0.05) is 31.6 Å². The van der Waals surface area contributed by atoms with Gasteiger partial charge in [0.25, 0.3) is 5.95 Å². The average molecular weight is 415 g/mol. The topological polar surface area (TPSA) is 69.0 Å². The quantitative estimate of drug-likeness (QED) is 0.493. The number of Topliss-reactive ketones (excluding diaryl/α,β-unsaturated/α-hetero) is 1. The van der Waals surface area contributed by atoms with Crippen LogP contribution < -0.4 is 10.2 Å². The lowest BCUT2D eigenvalue weighted by molar-refractivity contribution is -0.120. The Kier molecular flexibility index (Phi) is 5.65. The SMILES string of the molecule is CCC(=O)[C@H](C)C=C(C)[C@H]1[C@]2(C)O[C@@H]2C(C)=C[C@@]1(C)c1oc(OC)c(C)c(=O)c1C. The smallest absolute Gasteiger partial charge is 0.291 e. The molecule has 0 aromatic carbocycles. The fourth-order valence-corrected chi connectivity index (χ4v) is 5.67. The molecule has 1 fully saturated rings. The van der Waals surface area contributed by atoms with Crippen molar-refractivity contribution in [2.24, 2.45) is 11.8 Å². The number of methoxy groups -OCH3 is 1. The first-order valence-corrected chi connectivity index (χ1v) is 10.7. The highest BCUT2D eigenvalue weighted by Gasteiger charge is 2.66. The number of rotatable bonds is 6. The zero-order chi connectivity index (χ0) is 22.6. The highest BCUT2D eigenvalue weighted by Crippen LogP contribution is 2.60. The maximum Gasteiger partial charge on any atom is 0.291 e. The summed E-state index contributed by atoms with van der Waals surface area (Å²) in [6.45, 7) is 15.7. The van der Waals surface area contributed by atoms with E-state index in [4.69, 9.17) is 13.9 Å². The van der Waals surface area contributed by atoms with Crippen LogP contribution in [0.3, 0.4) is 0 Å². The van der Waals surface area contributed by atoms with Crippen molar-refractivity contribution in [3.63, 3.8) is 0 Å². The molecular formula is C25H34O5. The van der Waals surface area contributed by atoms with Crippen LogP contribution in [0.5, 0.6) is 5.95 Å². The number of hydrogen-bond acceptors (Lipinski definition) is 5. The summed E-state index contributed by atoms with van der Waals surface area (Å²) in [6.07, 6.45) is 4.76. The van der Waals surface area contributed by atoms with E-state index in [9.17, 15) is 9.59 Å². The van der Waals surface area contributed by atoms with Gasteiger partial charge in [-0.15, -0.1) is 0 Å². The fourth-order valence-electron chi connectivity index (χ4n) is 5.67. The Labute approximate surface area is 179 Å². The van der Waals surface area contributed by atoms with Gasteiger partial charge in [-0.25, -0.2) is 0 Å². The third-order valence-electron chi connectivity index (χ3n) is 6.97. The summed E-state index contributed by atoms with van der Waals surface area (Å²) in [5.74, 6) is 0.785. The molecule has 0 bridgehead atoms. The number of epoxide rings is 1. The molecule has 0 unspecified atom stereocenters. The molecule has 0 N–H and O–H groups in total. The van der Waals surface area contributed by atoms with Gasteiger partial charge in [0.05, 0.1) is 18.1 Å². The van der Waals surface area contributed by atoms with Crippen molar-refractivity contribution in [2.45, 2.75) is 78.9 Å². The molecule has 0 radical (unpaired) electrons.